The molecular weight excluding hydrogens is 260 g/mol. The summed E-state index contributed by atoms with van der Waals surface area (Å²) >= 11 is 0. The van der Waals surface area contributed by atoms with Crippen LogP contribution in [-0.2, 0) is 13.0 Å². The van der Waals surface area contributed by atoms with E-state index in [0.29, 0.717) is 0 Å². The van der Waals surface area contributed by atoms with E-state index in [1.807, 2.05) is 0 Å². The number of rotatable bonds is 3. The topological polar surface area (TPSA) is 32.3 Å². The zero-order chi connectivity index (χ0) is 14.8. The Labute approximate surface area is 128 Å². The van der Waals surface area contributed by atoms with Gasteiger partial charge in [0.05, 0.1) is 5.69 Å². The molecule has 2 aliphatic heterocycles. The van der Waals surface area contributed by atoms with Crippen molar-refractivity contribution in [2.75, 3.05) is 31.1 Å². The number of hydrogen-bond donors (Lipinski definition) is 0. The molecular formula is C17H28N4. The molecule has 0 unspecified atom stereocenters. The van der Waals surface area contributed by atoms with E-state index in [-0.39, 0.29) is 0 Å². The van der Waals surface area contributed by atoms with Gasteiger partial charge in [-0.25, -0.2) is 9.97 Å². The van der Waals surface area contributed by atoms with Crippen LogP contribution in [-0.4, -0.2) is 41.0 Å². The van der Waals surface area contributed by atoms with Gasteiger partial charge in [-0.05, 0) is 24.7 Å². The Morgan fingerprint density at radius 3 is 2.71 bits per heavy atom. The minimum absolute atomic E-state index is 0.724. The summed E-state index contributed by atoms with van der Waals surface area (Å²) in [5.41, 5.74) is 2.61. The van der Waals surface area contributed by atoms with Crippen LogP contribution in [0.1, 0.15) is 44.9 Å². The van der Waals surface area contributed by atoms with Crippen LogP contribution in [0.2, 0.25) is 0 Å². The Kier molecular flexibility index (Phi) is 4.43. The van der Waals surface area contributed by atoms with E-state index >= 15 is 0 Å². The highest BCUT2D eigenvalue weighted by Gasteiger charge is 2.22. The molecule has 2 aliphatic rings. The molecule has 3 rings (SSSR count). The molecule has 1 aromatic rings. The van der Waals surface area contributed by atoms with Crippen LogP contribution in [0, 0.1) is 11.8 Å². The summed E-state index contributed by atoms with van der Waals surface area (Å²) in [6.45, 7) is 12.5. The van der Waals surface area contributed by atoms with Gasteiger partial charge in [0.2, 0.25) is 5.95 Å². The van der Waals surface area contributed by atoms with Crippen molar-refractivity contribution in [2.45, 2.75) is 46.6 Å². The Hall–Kier alpha value is -1.16. The van der Waals surface area contributed by atoms with Crippen LogP contribution in [0.25, 0.3) is 0 Å². The molecule has 0 radical (unpaired) electrons. The Bertz CT molecular complexity index is 478. The van der Waals surface area contributed by atoms with Crippen molar-refractivity contribution in [1.29, 1.82) is 0 Å². The van der Waals surface area contributed by atoms with Crippen molar-refractivity contribution in [3.05, 3.63) is 17.5 Å². The van der Waals surface area contributed by atoms with Crippen LogP contribution >= 0.6 is 0 Å². The number of nitrogens with zero attached hydrogens (tertiary/aromatic N) is 4. The van der Waals surface area contributed by atoms with Gasteiger partial charge < -0.3 is 4.90 Å². The highest BCUT2D eigenvalue weighted by molar-refractivity contribution is 5.34. The number of hydrogen-bond acceptors (Lipinski definition) is 4. The lowest BCUT2D eigenvalue weighted by atomic mass is 9.99. The first kappa shape index (κ1) is 14.8. The summed E-state index contributed by atoms with van der Waals surface area (Å²) < 4.78 is 0. The first-order valence-electron chi connectivity index (χ1n) is 8.44. The van der Waals surface area contributed by atoms with E-state index in [1.54, 1.807) is 0 Å². The third kappa shape index (κ3) is 3.54. The highest BCUT2D eigenvalue weighted by Crippen LogP contribution is 2.23. The van der Waals surface area contributed by atoms with E-state index in [1.165, 1.54) is 30.6 Å². The summed E-state index contributed by atoms with van der Waals surface area (Å²) in [6, 6.07) is 0. The fourth-order valence-electron chi connectivity index (χ4n) is 3.40. The van der Waals surface area contributed by atoms with Crippen molar-refractivity contribution < 1.29 is 0 Å². The van der Waals surface area contributed by atoms with Crippen molar-refractivity contribution >= 4 is 5.95 Å². The molecule has 4 heteroatoms. The summed E-state index contributed by atoms with van der Waals surface area (Å²) in [5.74, 6) is 2.53. The molecule has 0 amide bonds. The molecule has 0 spiro atoms. The Balaban J connectivity index is 1.68. The van der Waals surface area contributed by atoms with E-state index in [0.717, 1.165) is 50.4 Å². The molecule has 21 heavy (non-hydrogen) atoms. The first-order chi connectivity index (χ1) is 10.1. The van der Waals surface area contributed by atoms with Crippen LogP contribution in [0.5, 0.6) is 0 Å². The van der Waals surface area contributed by atoms with Crippen molar-refractivity contribution in [3.8, 4) is 0 Å². The second-order valence-electron chi connectivity index (χ2n) is 7.19. The van der Waals surface area contributed by atoms with Crippen molar-refractivity contribution in [2.24, 2.45) is 11.8 Å². The van der Waals surface area contributed by atoms with Gasteiger partial charge in [-0.3, -0.25) is 4.90 Å². The second-order valence-corrected chi connectivity index (χ2v) is 7.19. The smallest absolute Gasteiger partial charge is 0.225 e. The summed E-state index contributed by atoms with van der Waals surface area (Å²) in [5, 5.41) is 0. The van der Waals surface area contributed by atoms with Crippen LogP contribution < -0.4 is 4.90 Å². The third-order valence-electron chi connectivity index (χ3n) is 4.69. The monoisotopic (exact) mass is 288 g/mol. The van der Waals surface area contributed by atoms with Crippen molar-refractivity contribution in [3.63, 3.8) is 0 Å². The Morgan fingerprint density at radius 2 is 2.00 bits per heavy atom. The van der Waals surface area contributed by atoms with Gasteiger partial charge in [0.1, 0.15) is 0 Å². The van der Waals surface area contributed by atoms with Gasteiger partial charge in [0.25, 0.3) is 0 Å². The zero-order valence-electron chi connectivity index (χ0n) is 13.7. The van der Waals surface area contributed by atoms with Gasteiger partial charge in [0, 0.05) is 50.9 Å². The largest absolute Gasteiger partial charge is 0.341 e. The number of anilines is 1. The molecule has 0 aliphatic carbocycles. The summed E-state index contributed by atoms with van der Waals surface area (Å²) in [7, 11) is 0. The first-order valence-corrected chi connectivity index (χ1v) is 8.44. The maximum Gasteiger partial charge on any atom is 0.225 e. The van der Waals surface area contributed by atoms with E-state index in [9.17, 15) is 0 Å². The number of aromatic nitrogens is 2. The average molecular weight is 288 g/mol. The molecule has 0 saturated carbocycles. The summed E-state index contributed by atoms with van der Waals surface area (Å²) in [6.07, 6.45) is 5.68. The predicted molar refractivity (Wildman–Crippen MR) is 86.5 cm³/mol. The Morgan fingerprint density at radius 1 is 1.24 bits per heavy atom. The van der Waals surface area contributed by atoms with Crippen LogP contribution in [0.15, 0.2) is 6.20 Å². The van der Waals surface area contributed by atoms with Gasteiger partial charge >= 0.3 is 0 Å². The maximum atomic E-state index is 4.86. The molecule has 4 nitrogen and oxygen atoms in total. The molecule has 1 aromatic heterocycles. The number of fused-ring (bicyclic) bond motifs is 1. The van der Waals surface area contributed by atoms with Gasteiger partial charge in [-0.15, -0.1) is 0 Å². The third-order valence-corrected chi connectivity index (χ3v) is 4.69. The van der Waals surface area contributed by atoms with Crippen molar-refractivity contribution in [1.82, 2.24) is 14.9 Å². The standard InChI is InChI=1S/C17H28N4/c1-13(2)11-20-7-6-16-15(12-20)10-18-17(19-16)21-8-4-14(3)5-9-21/h10,13-14H,4-9,11-12H2,1-3H3. The maximum absolute atomic E-state index is 4.86. The molecule has 1 fully saturated rings. The quantitative estimate of drug-likeness (QED) is 0.856. The van der Waals surface area contributed by atoms with Crippen LogP contribution in [0.3, 0.4) is 0 Å². The SMILES string of the molecule is CC(C)CN1CCc2nc(N3CCC(C)CC3)ncc2C1. The molecule has 0 atom stereocenters. The van der Waals surface area contributed by atoms with Gasteiger partial charge in [-0.2, -0.15) is 0 Å². The lowest BCUT2D eigenvalue weighted by molar-refractivity contribution is 0.224. The molecule has 0 N–H and O–H groups in total. The fraction of sp³-hybridized carbons (Fsp3) is 0.765. The minimum atomic E-state index is 0.724. The second kappa shape index (κ2) is 6.30. The molecule has 116 valence electrons. The van der Waals surface area contributed by atoms with Gasteiger partial charge in [0.15, 0.2) is 0 Å². The van der Waals surface area contributed by atoms with E-state index < -0.39 is 0 Å². The van der Waals surface area contributed by atoms with E-state index in [2.05, 4.69) is 41.8 Å². The fourth-order valence-corrected chi connectivity index (χ4v) is 3.40. The molecule has 3 heterocycles. The van der Waals surface area contributed by atoms with E-state index in [4.69, 9.17) is 4.98 Å². The average Bonchev–Trinajstić information content (AvgIpc) is 2.47. The highest BCUT2D eigenvalue weighted by atomic mass is 15.3. The minimum Gasteiger partial charge on any atom is -0.341 e. The summed E-state index contributed by atoms with van der Waals surface area (Å²) in [4.78, 5) is 14.4. The molecule has 0 aromatic carbocycles. The van der Waals surface area contributed by atoms with Gasteiger partial charge in [-0.1, -0.05) is 20.8 Å². The zero-order valence-corrected chi connectivity index (χ0v) is 13.7. The van der Waals surface area contributed by atoms with Crippen LogP contribution in [0.4, 0.5) is 5.95 Å². The number of piperidine rings is 1. The lowest BCUT2D eigenvalue weighted by Gasteiger charge is -2.32. The lowest BCUT2D eigenvalue weighted by Crippen LogP contribution is -2.36. The normalized spacial score (nSPS) is 20.9. The molecule has 1 saturated heterocycles. The molecule has 0 bridgehead atoms. The predicted octanol–water partition coefficient (Wildman–Crippen LogP) is 2.73.